The molecule has 0 fully saturated rings. The molecule has 3 N–H and O–H groups in total. The second kappa shape index (κ2) is 10.0. The smallest absolute Gasteiger partial charge is 0.397 e. The summed E-state index contributed by atoms with van der Waals surface area (Å²) in [4.78, 5) is 47.0. The number of hydrogen-bond acceptors (Lipinski definition) is 11. The number of aromatic hydroxyl groups is 1. The van der Waals surface area contributed by atoms with E-state index in [1.807, 2.05) is 4.98 Å². The van der Waals surface area contributed by atoms with Gasteiger partial charge in [-0.3, -0.25) is 18.9 Å². The predicted molar refractivity (Wildman–Crippen MR) is 119 cm³/mol. The van der Waals surface area contributed by atoms with E-state index in [1.165, 1.54) is 51.4 Å². The minimum atomic E-state index is -4.98. The lowest BCUT2D eigenvalue weighted by molar-refractivity contribution is -0.153. The molecule has 0 aliphatic heterocycles. The van der Waals surface area contributed by atoms with Crippen LogP contribution in [0.1, 0.15) is 24.3 Å². The number of benzene rings is 1. The molecule has 14 nitrogen and oxygen atoms in total. The number of rotatable bonds is 8. The fraction of sp³-hybridized carbons (Fsp3) is 0.250. The number of aromatic nitrogens is 4. The molecule has 0 aliphatic rings. The maximum Gasteiger partial charge on any atom is 0.397 e. The highest BCUT2D eigenvalue weighted by Gasteiger charge is 2.31. The second-order valence-electron chi connectivity index (χ2n) is 7.14. The third kappa shape index (κ3) is 6.08. The minimum Gasteiger partial charge on any atom is -0.508 e. The number of carbonyl (C=O) groups is 1. The monoisotopic (exact) mass is 508 g/mol. The van der Waals surface area contributed by atoms with Gasteiger partial charge in [0.2, 0.25) is 5.76 Å². The molecule has 0 bridgehead atoms. The van der Waals surface area contributed by atoms with Crippen LogP contribution in [0.15, 0.2) is 45.8 Å². The molecule has 0 spiro atoms. The predicted octanol–water partition coefficient (Wildman–Crippen LogP) is 0.202. The highest BCUT2D eigenvalue weighted by atomic mass is 32.3. The van der Waals surface area contributed by atoms with E-state index in [-0.39, 0.29) is 28.4 Å². The summed E-state index contributed by atoms with van der Waals surface area (Å²) in [6.45, 7) is 1.17. The summed E-state index contributed by atoms with van der Waals surface area (Å²) in [5.74, 6) is -1.39. The number of phenolic OH excluding ortho intramolecular Hbond substituents is 1. The number of nitrogens with zero attached hydrogens (tertiary/aromatic N) is 3. The Balaban J connectivity index is 2.04. The Hall–Kier alpha value is -4.08. The van der Waals surface area contributed by atoms with Crippen LogP contribution in [-0.4, -0.2) is 56.8 Å². The summed E-state index contributed by atoms with van der Waals surface area (Å²) in [5, 5.41) is 9.40. The largest absolute Gasteiger partial charge is 0.508 e. The Morgan fingerprint density at radius 2 is 1.89 bits per heavy atom. The maximum absolute atomic E-state index is 12.8. The third-order valence-electron chi connectivity index (χ3n) is 4.67. The van der Waals surface area contributed by atoms with E-state index in [2.05, 4.69) is 14.2 Å². The number of esters is 1. The molecule has 0 aliphatic carbocycles. The molecule has 3 aromatic rings. The van der Waals surface area contributed by atoms with Crippen LogP contribution >= 0.6 is 0 Å². The fourth-order valence-electron chi connectivity index (χ4n) is 3.00. The fourth-order valence-corrected chi connectivity index (χ4v) is 3.49. The van der Waals surface area contributed by atoms with Gasteiger partial charge in [0.1, 0.15) is 17.5 Å². The first kappa shape index (κ1) is 25.5. The molecule has 2 atom stereocenters. The van der Waals surface area contributed by atoms with E-state index in [1.54, 1.807) is 0 Å². The van der Waals surface area contributed by atoms with Gasteiger partial charge in [0.15, 0.2) is 17.3 Å². The average molecular weight is 508 g/mol. The number of nitrogens with one attached hydrogen (secondary N) is 1. The van der Waals surface area contributed by atoms with Gasteiger partial charge in [-0.15, -0.1) is 0 Å². The van der Waals surface area contributed by atoms with Gasteiger partial charge in [0.25, 0.3) is 5.56 Å². The first-order valence-electron chi connectivity index (χ1n) is 9.77. The summed E-state index contributed by atoms with van der Waals surface area (Å²) in [6, 6.07) is 5.75. The lowest BCUT2D eigenvalue weighted by Crippen LogP contribution is -2.31. The van der Waals surface area contributed by atoms with Crippen LogP contribution in [0.25, 0.3) is 17.2 Å². The topological polar surface area (TPSA) is 200 Å². The summed E-state index contributed by atoms with van der Waals surface area (Å²) in [5.41, 5.74) is -1.74. The first-order chi connectivity index (χ1) is 16.4. The van der Waals surface area contributed by atoms with Crippen molar-refractivity contribution in [1.29, 1.82) is 0 Å². The van der Waals surface area contributed by atoms with E-state index < -0.39 is 39.8 Å². The van der Waals surface area contributed by atoms with Gasteiger partial charge in [-0.2, -0.15) is 8.42 Å². The van der Waals surface area contributed by atoms with Gasteiger partial charge in [0.05, 0.1) is 13.3 Å². The van der Waals surface area contributed by atoms with E-state index in [0.29, 0.717) is 5.56 Å². The van der Waals surface area contributed by atoms with Gasteiger partial charge in [-0.1, -0.05) is 12.1 Å². The number of methoxy groups -OCH3 is 1. The molecule has 0 amide bonds. The number of carbonyl (C=O) groups excluding carboxylic acids is 1. The van der Waals surface area contributed by atoms with Crippen molar-refractivity contribution in [2.75, 3.05) is 7.11 Å². The number of fused-ring (bicyclic) bond motifs is 1. The number of aryl methyl sites for hydroxylation is 1. The van der Waals surface area contributed by atoms with Crippen molar-refractivity contribution in [1.82, 2.24) is 19.5 Å². The van der Waals surface area contributed by atoms with Gasteiger partial charge in [-0.25, -0.2) is 23.7 Å². The standard InChI is InChI=1S/C20H20N4O10S/c1-10(34-35(29,30)31)16(13-9-21-17-15(22-13)18(26)23-20(28)24(17)2)33-19(27)14(32-3)8-11-4-6-12(25)7-5-11/h4-10,16,25H,1-3H3,(H,23,26,28)(H,29,30,31). The Kier molecular flexibility index (Phi) is 7.33. The molecule has 0 radical (unpaired) electrons. The lowest BCUT2D eigenvalue weighted by Gasteiger charge is -2.23. The second-order valence-corrected chi connectivity index (χ2v) is 8.19. The summed E-state index contributed by atoms with van der Waals surface area (Å²) >= 11 is 0. The maximum atomic E-state index is 12.8. The molecule has 3 rings (SSSR count). The molecule has 1 aromatic carbocycles. The van der Waals surface area contributed by atoms with Crippen molar-refractivity contribution in [2.45, 2.75) is 19.1 Å². The van der Waals surface area contributed by atoms with Gasteiger partial charge in [0, 0.05) is 7.05 Å². The summed E-state index contributed by atoms with van der Waals surface area (Å²) in [6.07, 6.45) is -0.783. The van der Waals surface area contributed by atoms with E-state index in [9.17, 15) is 27.9 Å². The molecule has 186 valence electrons. The van der Waals surface area contributed by atoms with E-state index in [0.717, 1.165) is 10.8 Å². The Morgan fingerprint density at radius 1 is 1.23 bits per heavy atom. The van der Waals surface area contributed by atoms with Gasteiger partial charge < -0.3 is 14.6 Å². The van der Waals surface area contributed by atoms with Crippen molar-refractivity contribution >= 4 is 33.6 Å². The van der Waals surface area contributed by atoms with Crippen LogP contribution in [0.5, 0.6) is 5.75 Å². The van der Waals surface area contributed by atoms with Crippen LogP contribution < -0.4 is 11.2 Å². The molecule has 35 heavy (non-hydrogen) atoms. The normalized spacial score (nSPS) is 13.9. The molecule has 0 saturated carbocycles. The van der Waals surface area contributed by atoms with Crippen LogP contribution in [0.2, 0.25) is 0 Å². The molecule has 2 aromatic heterocycles. The molecule has 2 heterocycles. The highest BCUT2D eigenvalue weighted by Crippen LogP contribution is 2.25. The Bertz CT molecular complexity index is 1510. The van der Waals surface area contributed by atoms with Crippen molar-refractivity contribution < 1.29 is 36.5 Å². The van der Waals surface area contributed by atoms with Crippen molar-refractivity contribution in [3.05, 3.63) is 68.3 Å². The third-order valence-corrected chi connectivity index (χ3v) is 5.21. The average Bonchev–Trinajstić information content (AvgIpc) is 2.79. The van der Waals surface area contributed by atoms with Crippen molar-refractivity contribution in [3.8, 4) is 5.75 Å². The van der Waals surface area contributed by atoms with Crippen LogP contribution in [-0.2, 0) is 35.9 Å². The number of hydrogen-bond donors (Lipinski definition) is 3. The zero-order valence-electron chi connectivity index (χ0n) is 18.5. The van der Waals surface area contributed by atoms with Crippen LogP contribution in [0.3, 0.4) is 0 Å². The summed E-state index contributed by atoms with van der Waals surface area (Å²) in [7, 11) is -2.44. The molecule has 0 saturated heterocycles. The van der Waals surface area contributed by atoms with E-state index in [4.69, 9.17) is 14.0 Å². The number of aromatic amines is 1. The zero-order chi connectivity index (χ0) is 25.9. The van der Waals surface area contributed by atoms with Crippen LogP contribution in [0.4, 0.5) is 0 Å². The molecular formula is C20H20N4O10S. The zero-order valence-corrected chi connectivity index (χ0v) is 19.3. The quantitative estimate of drug-likeness (QED) is 0.162. The Labute approximate surface area is 197 Å². The highest BCUT2D eigenvalue weighted by molar-refractivity contribution is 7.80. The van der Waals surface area contributed by atoms with Gasteiger partial charge >= 0.3 is 22.1 Å². The number of ether oxygens (including phenoxy) is 2. The van der Waals surface area contributed by atoms with E-state index >= 15 is 0 Å². The number of H-pyrrole nitrogens is 1. The Morgan fingerprint density at radius 3 is 2.49 bits per heavy atom. The van der Waals surface area contributed by atoms with Gasteiger partial charge in [-0.05, 0) is 30.7 Å². The lowest BCUT2D eigenvalue weighted by atomic mass is 10.1. The number of phenols is 1. The van der Waals surface area contributed by atoms with Crippen LogP contribution in [0, 0.1) is 0 Å². The van der Waals surface area contributed by atoms with Crippen molar-refractivity contribution in [3.63, 3.8) is 0 Å². The summed E-state index contributed by atoms with van der Waals surface area (Å²) < 4.78 is 47.7. The van der Waals surface area contributed by atoms with Crippen molar-refractivity contribution in [2.24, 2.45) is 7.05 Å². The first-order valence-corrected chi connectivity index (χ1v) is 11.1. The molecular weight excluding hydrogens is 488 g/mol. The SMILES string of the molecule is COC(=Cc1ccc(O)cc1)C(=O)OC(c1cnc2c(n1)c(=O)[nH]c(=O)n2C)C(C)OS(=O)(=O)O. The molecule has 2 unspecified atom stereocenters. The minimum absolute atomic E-state index is 0.00214. The molecule has 15 heteroatoms.